The molecule has 0 radical (unpaired) electrons. The summed E-state index contributed by atoms with van der Waals surface area (Å²) in [5, 5.41) is 6.80. The van der Waals surface area contributed by atoms with Gasteiger partial charge in [-0.15, -0.1) is 0 Å². The zero-order valence-electron chi connectivity index (χ0n) is 17.8. The van der Waals surface area contributed by atoms with Crippen molar-refractivity contribution < 1.29 is 13.7 Å². The zero-order valence-corrected chi connectivity index (χ0v) is 17.8. The van der Waals surface area contributed by atoms with Crippen LogP contribution in [-0.2, 0) is 11.2 Å². The summed E-state index contributed by atoms with van der Waals surface area (Å²) in [7, 11) is 3.29. The Labute approximate surface area is 180 Å². The first-order valence-corrected chi connectivity index (χ1v) is 9.91. The van der Waals surface area contributed by atoms with Crippen LogP contribution in [0.15, 0.2) is 64.1 Å². The highest BCUT2D eigenvalue weighted by Crippen LogP contribution is 2.28. The van der Waals surface area contributed by atoms with Gasteiger partial charge in [-0.25, -0.2) is 9.38 Å². The zero-order chi connectivity index (χ0) is 22.4. The molecule has 8 heteroatoms. The summed E-state index contributed by atoms with van der Waals surface area (Å²) in [6, 6.07) is 16.5. The number of anilines is 1. The SMILES string of the molecule is CC(Cc1cc(NC(N)=NCC(=O)N(C)C)on1)c1ccc(-c2ccccc2)c(F)c1. The minimum atomic E-state index is -0.255. The Morgan fingerprint density at radius 1 is 1.23 bits per heavy atom. The molecule has 1 unspecified atom stereocenters. The van der Waals surface area contributed by atoms with E-state index in [0.29, 0.717) is 23.6 Å². The molecule has 1 amide bonds. The fourth-order valence-electron chi connectivity index (χ4n) is 3.05. The minimum absolute atomic E-state index is 0.0287. The van der Waals surface area contributed by atoms with Crippen LogP contribution in [0.3, 0.4) is 0 Å². The quantitative estimate of drug-likeness (QED) is 0.447. The van der Waals surface area contributed by atoms with Gasteiger partial charge in [-0.05, 0) is 29.5 Å². The highest BCUT2D eigenvalue weighted by Gasteiger charge is 2.14. The largest absolute Gasteiger partial charge is 0.370 e. The van der Waals surface area contributed by atoms with E-state index in [1.807, 2.05) is 43.3 Å². The number of guanidine groups is 1. The molecule has 0 saturated heterocycles. The number of nitrogens with zero attached hydrogens (tertiary/aromatic N) is 3. The van der Waals surface area contributed by atoms with E-state index in [4.69, 9.17) is 10.3 Å². The molecule has 162 valence electrons. The Bertz CT molecular complexity index is 1060. The van der Waals surface area contributed by atoms with E-state index in [-0.39, 0.29) is 30.1 Å². The standard InChI is InChI=1S/C23H26FN5O2/c1-15(17-9-10-19(20(24)12-17)16-7-5-4-6-8-16)11-18-13-21(31-28-18)27-23(25)26-14-22(30)29(2)3/h4-10,12-13,15H,11,14H2,1-3H3,(H3,25,26,27). The van der Waals surface area contributed by atoms with E-state index in [2.05, 4.69) is 15.5 Å². The molecule has 3 N–H and O–H groups in total. The van der Waals surface area contributed by atoms with E-state index in [1.54, 1.807) is 32.3 Å². The maximum atomic E-state index is 14.7. The van der Waals surface area contributed by atoms with Crippen LogP contribution in [0.5, 0.6) is 0 Å². The highest BCUT2D eigenvalue weighted by molar-refractivity contribution is 5.92. The molecule has 0 aliphatic carbocycles. The summed E-state index contributed by atoms with van der Waals surface area (Å²) in [4.78, 5) is 17.0. The molecule has 3 rings (SSSR count). The van der Waals surface area contributed by atoms with Crippen LogP contribution >= 0.6 is 0 Å². The van der Waals surface area contributed by atoms with Gasteiger partial charge in [0.05, 0.1) is 5.69 Å². The number of hydrogen-bond acceptors (Lipinski definition) is 4. The topological polar surface area (TPSA) is 96.7 Å². The molecule has 3 aromatic rings. The van der Waals surface area contributed by atoms with Crippen LogP contribution in [0.1, 0.15) is 24.1 Å². The van der Waals surface area contributed by atoms with Crippen LogP contribution in [0, 0.1) is 5.82 Å². The van der Waals surface area contributed by atoms with Crippen molar-refractivity contribution >= 4 is 17.8 Å². The second-order valence-electron chi connectivity index (χ2n) is 7.51. The second kappa shape index (κ2) is 9.88. The van der Waals surface area contributed by atoms with Crippen LogP contribution < -0.4 is 11.1 Å². The van der Waals surface area contributed by atoms with E-state index in [0.717, 1.165) is 11.1 Å². The monoisotopic (exact) mass is 423 g/mol. The molecule has 0 fully saturated rings. The summed E-state index contributed by atoms with van der Waals surface area (Å²) in [5.41, 5.74) is 8.76. The Balaban J connectivity index is 1.62. The predicted octanol–water partition coefficient (Wildman–Crippen LogP) is 3.64. The Kier molecular flexibility index (Phi) is 7.02. The van der Waals surface area contributed by atoms with Crippen molar-refractivity contribution in [3.8, 4) is 11.1 Å². The molecular weight excluding hydrogens is 397 g/mol. The lowest BCUT2D eigenvalue weighted by molar-refractivity contribution is -0.127. The summed E-state index contributed by atoms with van der Waals surface area (Å²) in [5.74, 6) is -0.00598. The van der Waals surface area contributed by atoms with E-state index in [9.17, 15) is 9.18 Å². The van der Waals surface area contributed by atoms with Crippen molar-refractivity contribution in [2.24, 2.45) is 10.7 Å². The molecule has 1 heterocycles. The lowest BCUT2D eigenvalue weighted by atomic mass is 9.94. The number of nitrogens with one attached hydrogen (secondary N) is 1. The number of hydrogen-bond donors (Lipinski definition) is 2. The van der Waals surface area contributed by atoms with Crippen molar-refractivity contribution in [2.45, 2.75) is 19.3 Å². The predicted molar refractivity (Wildman–Crippen MR) is 119 cm³/mol. The summed E-state index contributed by atoms with van der Waals surface area (Å²) >= 11 is 0. The first kappa shape index (κ1) is 22.0. The first-order valence-electron chi connectivity index (χ1n) is 9.91. The van der Waals surface area contributed by atoms with Crippen molar-refractivity contribution in [3.05, 3.63) is 71.7 Å². The van der Waals surface area contributed by atoms with Gasteiger partial charge in [-0.2, -0.15) is 0 Å². The molecule has 7 nitrogen and oxygen atoms in total. The number of benzene rings is 2. The molecule has 31 heavy (non-hydrogen) atoms. The average molecular weight is 423 g/mol. The number of carbonyl (C=O) groups excluding carboxylic acids is 1. The number of nitrogens with two attached hydrogens (primary N) is 1. The average Bonchev–Trinajstić information content (AvgIpc) is 3.18. The Morgan fingerprint density at radius 2 is 1.97 bits per heavy atom. The van der Waals surface area contributed by atoms with E-state index in [1.165, 1.54) is 4.90 Å². The number of halogens is 1. The van der Waals surface area contributed by atoms with Gasteiger partial charge in [-0.3, -0.25) is 10.1 Å². The third-order valence-electron chi connectivity index (χ3n) is 4.86. The minimum Gasteiger partial charge on any atom is -0.370 e. The second-order valence-corrected chi connectivity index (χ2v) is 7.51. The van der Waals surface area contributed by atoms with Gasteiger partial charge < -0.3 is 15.2 Å². The van der Waals surface area contributed by atoms with E-state index < -0.39 is 0 Å². The fraction of sp³-hybridized carbons (Fsp3) is 0.261. The maximum absolute atomic E-state index is 14.7. The van der Waals surface area contributed by atoms with Crippen molar-refractivity contribution in [2.75, 3.05) is 26.0 Å². The number of rotatable bonds is 7. The molecule has 1 atom stereocenters. The number of aliphatic imine (C=N–C) groups is 1. The number of aromatic nitrogens is 1. The lowest BCUT2D eigenvalue weighted by Gasteiger charge is -2.12. The normalized spacial score (nSPS) is 12.5. The molecule has 0 aliphatic rings. The lowest BCUT2D eigenvalue weighted by Crippen LogP contribution is -2.28. The van der Waals surface area contributed by atoms with Crippen LogP contribution in [0.2, 0.25) is 0 Å². The molecular formula is C23H26FN5O2. The first-order chi connectivity index (χ1) is 14.8. The van der Waals surface area contributed by atoms with Crippen molar-refractivity contribution in [1.29, 1.82) is 0 Å². The summed E-state index contributed by atoms with van der Waals surface area (Å²) in [6.45, 7) is 1.94. The number of amides is 1. The van der Waals surface area contributed by atoms with Gasteiger partial charge in [0, 0.05) is 25.7 Å². The highest BCUT2D eigenvalue weighted by atomic mass is 19.1. The van der Waals surface area contributed by atoms with Gasteiger partial charge in [0.25, 0.3) is 0 Å². The molecule has 1 aromatic heterocycles. The van der Waals surface area contributed by atoms with Gasteiger partial charge in [0.1, 0.15) is 12.4 Å². The van der Waals surface area contributed by atoms with Crippen LogP contribution in [0.4, 0.5) is 10.3 Å². The molecule has 0 bridgehead atoms. The summed E-state index contributed by atoms with van der Waals surface area (Å²) in [6.07, 6.45) is 0.561. The molecule has 0 saturated carbocycles. The number of carbonyl (C=O) groups is 1. The van der Waals surface area contributed by atoms with Crippen molar-refractivity contribution in [1.82, 2.24) is 10.1 Å². The van der Waals surface area contributed by atoms with Crippen molar-refractivity contribution in [3.63, 3.8) is 0 Å². The van der Waals surface area contributed by atoms with Crippen LogP contribution in [-0.4, -0.2) is 42.6 Å². The Hall–Kier alpha value is -3.68. The summed E-state index contributed by atoms with van der Waals surface area (Å²) < 4.78 is 19.9. The third kappa shape index (κ3) is 5.91. The number of likely N-dealkylation sites (N-methyl/N-ethyl adjacent to an activating group) is 1. The fourth-order valence-corrected chi connectivity index (χ4v) is 3.05. The van der Waals surface area contributed by atoms with Gasteiger partial charge in [0.15, 0.2) is 5.96 Å². The molecule has 2 aromatic carbocycles. The smallest absolute Gasteiger partial charge is 0.243 e. The van der Waals surface area contributed by atoms with Crippen LogP contribution in [0.25, 0.3) is 11.1 Å². The van der Waals surface area contributed by atoms with Gasteiger partial charge >= 0.3 is 0 Å². The van der Waals surface area contributed by atoms with Gasteiger partial charge in [0.2, 0.25) is 11.8 Å². The molecule has 0 aliphatic heterocycles. The van der Waals surface area contributed by atoms with E-state index >= 15 is 0 Å². The maximum Gasteiger partial charge on any atom is 0.243 e. The van der Waals surface area contributed by atoms with Gasteiger partial charge in [-0.1, -0.05) is 54.5 Å². The third-order valence-corrected chi connectivity index (χ3v) is 4.86. The Morgan fingerprint density at radius 3 is 2.65 bits per heavy atom. The molecule has 0 spiro atoms.